The predicted octanol–water partition coefficient (Wildman–Crippen LogP) is 7.24. The predicted molar refractivity (Wildman–Crippen MR) is 136 cm³/mol. The number of hydrogen-bond acceptors (Lipinski definition) is 3. The van der Waals surface area contributed by atoms with Crippen LogP contribution in [0.15, 0.2) is 93.4 Å². The van der Waals surface area contributed by atoms with Gasteiger partial charge in [0.15, 0.2) is 6.54 Å². The molecule has 158 valence electrons. The molecular weight excluding hydrogens is 428 g/mol. The number of fused-ring (bicyclic) bond motifs is 6. The van der Waals surface area contributed by atoms with Crippen LogP contribution in [-0.2, 0) is 6.54 Å². The van der Waals surface area contributed by atoms with Crippen LogP contribution in [0.1, 0.15) is 37.1 Å². The van der Waals surface area contributed by atoms with E-state index in [1.807, 2.05) is 23.1 Å². The summed E-state index contributed by atoms with van der Waals surface area (Å²) in [7, 11) is 0. The Bertz CT molecular complexity index is 1390. The molecule has 0 spiro atoms. The lowest BCUT2D eigenvalue weighted by Crippen LogP contribution is -2.30. The van der Waals surface area contributed by atoms with Crippen LogP contribution in [0.25, 0.3) is 15.8 Å². The lowest BCUT2D eigenvalue weighted by molar-refractivity contribution is -0.659. The number of thiazole rings is 1. The van der Waals surface area contributed by atoms with Crippen molar-refractivity contribution in [2.75, 3.05) is 11.4 Å². The van der Waals surface area contributed by atoms with E-state index in [1.165, 1.54) is 72.4 Å². The third-order valence-corrected chi connectivity index (χ3v) is 9.48. The fourth-order valence-corrected chi connectivity index (χ4v) is 7.95. The zero-order valence-corrected chi connectivity index (χ0v) is 19.6. The fraction of sp³-hybridized carbons (Fsp3) is 0.250. The lowest BCUT2D eigenvalue weighted by Gasteiger charge is -2.14. The van der Waals surface area contributed by atoms with E-state index < -0.39 is 0 Å². The standard InChI is InChI=1S/C28H25N2S2/c1-3-10-25-23(8-1)29-14-12-21(27(29)31-25)17-19-6-5-7-20(16-19)18-22-13-15-30-24-9-2-4-11-26(24)32-28(22)30/h1-4,8-11,16-18H,5-7,12-15H2/q+1. The Balaban J connectivity index is 1.20. The van der Waals surface area contributed by atoms with Gasteiger partial charge in [0.1, 0.15) is 4.70 Å². The molecule has 1 aromatic heterocycles. The van der Waals surface area contributed by atoms with Crippen LogP contribution in [0.4, 0.5) is 5.69 Å². The average Bonchev–Trinajstić information content (AvgIpc) is 3.56. The number of thioether (sulfide) groups is 1. The number of benzene rings is 2. The van der Waals surface area contributed by atoms with E-state index in [0.717, 1.165) is 25.9 Å². The maximum atomic E-state index is 2.51. The molecule has 0 amide bonds. The highest BCUT2D eigenvalue weighted by Crippen LogP contribution is 2.50. The summed E-state index contributed by atoms with van der Waals surface area (Å²) in [5, 5.41) is 2.92. The first-order valence-corrected chi connectivity index (χ1v) is 13.3. The van der Waals surface area contributed by atoms with Gasteiger partial charge in [0.05, 0.1) is 10.7 Å². The van der Waals surface area contributed by atoms with Crippen LogP contribution in [0.3, 0.4) is 0 Å². The monoisotopic (exact) mass is 453 g/mol. The van der Waals surface area contributed by atoms with E-state index in [-0.39, 0.29) is 0 Å². The van der Waals surface area contributed by atoms with E-state index in [4.69, 9.17) is 0 Å². The Kier molecular flexibility index (Phi) is 4.44. The highest BCUT2D eigenvalue weighted by Gasteiger charge is 2.32. The first-order valence-electron chi connectivity index (χ1n) is 11.6. The molecule has 2 nitrogen and oxygen atoms in total. The van der Waals surface area contributed by atoms with Crippen LogP contribution in [-0.4, -0.2) is 6.54 Å². The third kappa shape index (κ3) is 3.04. The van der Waals surface area contributed by atoms with E-state index in [9.17, 15) is 0 Å². The second-order valence-electron chi connectivity index (χ2n) is 9.04. The van der Waals surface area contributed by atoms with Gasteiger partial charge in [-0.1, -0.05) is 59.5 Å². The van der Waals surface area contributed by atoms with Crippen LogP contribution in [0, 0.1) is 0 Å². The molecule has 0 bridgehead atoms. The molecule has 0 saturated heterocycles. The van der Waals surface area contributed by atoms with Gasteiger partial charge in [-0.2, -0.15) is 4.57 Å². The van der Waals surface area contributed by atoms with Crippen molar-refractivity contribution >= 4 is 44.6 Å². The second-order valence-corrected chi connectivity index (χ2v) is 11.1. The lowest BCUT2D eigenvalue weighted by atomic mass is 9.92. The molecule has 0 atom stereocenters. The van der Waals surface area contributed by atoms with Crippen LogP contribution in [0.5, 0.6) is 0 Å². The number of hydrogen-bond donors (Lipinski definition) is 0. The number of rotatable bonds is 2. The summed E-state index contributed by atoms with van der Waals surface area (Å²) in [6, 6.07) is 17.7. The molecule has 4 aliphatic rings. The summed E-state index contributed by atoms with van der Waals surface area (Å²) in [5.41, 5.74) is 8.84. The van der Waals surface area contributed by atoms with Crippen molar-refractivity contribution in [3.05, 3.63) is 93.5 Å². The minimum absolute atomic E-state index is 1.12. The van der Waals surface area contributed by atoms with Crippen molar-refractivity contribution in [2.45, 2.75) is 43.5 Å². The number of aryl methyl sites for hydroxylation is 1. The SMILES string of the molecule is C1=C(C=C2CC[n+]3c2sc2ccccc23)CCC/C1=C\C1=C2Sc3ccccc3N2CC1. The van der Waals surface area contributed by atoms with Gasteiger partial charge in [0.25, 0.3) is 5.01 Å². The zero-order chi connectivity index (χ0) is 21.1. The fourth-order valence-electron chi connectivity index (χ4n) is 5.49. The minimum Gasteiger partial charge on any atom is -0.334 e. The van der Waals surface area contributed by atoms with Crippen LogP contribution in [0.2, 0.25) is 0 Å². The normalized spacial score (nSPS) is 22.1. The molecule has 4 heterocycles. The number of aromatic nitrogens is 1. The number of nitrogens with zero attached hydrogens (tertiary/aromatic N) is 2. The maximum absolute atomic E-state index is 2.51. The van der Waals surface area contributed by atoms with Crippen molar-refractivity contribution in [2.24, 2.45) is 0 Å². The molecular formula is C28H25N2S2+. The molecule has 0 fully saturated rings. The van der Waals surface area contributed by atoms with E-state index in [0.29, 0.717) is 0 Å². The Labute approximate surface area is 197 Å². The van der Waals surface area contributed by atoms with Crippen molar-refractivity contribution in [3.8, 4) is 0 Å². The third-order valence-electron chi connectivity index (χ3n) is 7.00. The van der Waals surface area contributed by atoms with Gasteiger partial charge in [-0.15, -0.1) is 0 Å². The van der Waals surface area contributed by atoms with Gasteiger partial charge in [0, 0.05) is 29.5 Å². The molecule has 32 heavy (non-hydrogen) atoms. The van der Waals surface area contributed by atoms with E-state index in [2.05, 4.69) is 76.2 Å². The summed E-state index contributed by atoms with van der Waals surface area (Å²) < 4.78 is 3.92. The molecule has 3 aromatic rings. The highest BCUT2D eigenvalue weighted by molar-refractivity contribution is 8.03. The number of anilines is 1. The van der Waals surface area contributed by atoms with Crippen molar-refractivity contribution < 1.29 is 4.57 Å². The minimum atomic E-state index is 1.12. The van der Waals surface area contributed by atoms with Crippen LogP contribution >= 0.6 is 23.1 Å². The van der Waals surface area contributed by atoms with Crippen molar-refractivity contribution in [3.63, 3.8) is 0 Å². The van der Waals surface area contributed by atoms with E-state index in [1.54, 1.807) is 0 Å². The van der Waals surface area contributed by atoms with E-state index >= 15 is 0 Å². The highest BCUT2D eigenvalue weighted by atomic mass is 32.2. The average molecular weight is 454 g/mol. The molecule has 0 N–H and O–H groups in total. The number of allylic oxidation sites excluding steroid dienone is 6. The molecule has 0 radical (unpaired) electrons. The van der Waals surface area contributed by atoms with Gasteiger partial charge in [-0.05, 0) is 66.7 Å². The summed E-state index contributed by atoms with van der Waals surface area (Å²) in [6.45, 7) is 2.23. The smallest absolute Gasteiger partial charge is 0.266 e. The topological polar surface area (TPSA) is 7.12 Å². The quantitative estimate of drug-likeness (QED) is 0.378. The molecule has 0 saturated carbocycles. The second kappa shape index (κ2) is 7.50. The molecule has 2 aromatic carbocycles. The molecule has 3 aliphatic heterocycles. The molecule has 1 aliphatic carbocycles. The van der Waals surface area contributed by atoms with Gasteiger partial charge < -0.3 is 4.90 Å². The Morgan fingerprint density at radius 1 is 0.906 bits per heavy atom. The summed E-state index contributed by atoms with van der Waals surface area (Å²) in [6.07, 6.45) is 13.5. The van der Waals surface area contributed by atoms with Crippen molar-refractivity contribution in [1.82, 2.24) is 0 Å². The van der Waals surface area contributed by atoms with Gasteiger partial charge in [-0.3, -0.25) is 0 Å². The molecule has 0 unspecified atom stereocenters. The Hall–Kier alpha value is -2.56. The first-order chi connectivity index (χ1) is 15.8. The Morgan fingerprint density at radius 2 is 1.81 bits per heavy atom. The summed E-state index contributed by atoms with van der Waals surface area (Å²) in [5.74, 6) is 0. The maximum Gasteiger partial charge on any atom is 0.266 e. The largest absolute Gasteiger partial charge is 0.334 e. The first kappa shape index (κ1) is 19.0. The zero-order valence-electron chi connectivity index (χ0n) is 18.0. The van der Waals surface area contributed by atoms with Gasteiger partial charge in [0.2, 0.25) is 5.52 Å². The molecule has 4 heteroatoms. The van der Waals surface area contributed by atoms with Crippen molar-refractivity contribution in [1.29, 1.82) is 0 Å². The molecule has 7 rings (SSSR count). The summed E-state index contributed by atoms with van der Waals surface area (Å²) >= 11 is 3.90. The Morgan fingerprint density at radius 3 is 2.81 bits per heavy atom. The van der Waals surface area contributed by atoms with Gasteiger partial charge in [-0.25, -0.2) is 0 Å². The number of para-hydroxylation sites is 2. The van der Waals surface area contributed by atoms with Crippen LogP contribution < -0.4 is 9.47 Å². The van der Waals surface area contributed by atoms with Gasteiger partial charge >= 0.3 is 0 Å². The summed E-state index contributed by atoms with van der Waals surface area (Å²) in [4.78, 5) is 3.92.